The van der Waals surface area contributed by atoms with Gasteiger partial charge in [-0.05, 0) is 44.0 Å². The van der Waals surface area contributed by atoms with Crippen LogP contribution in [0.3, 0.4) is 0 Å². The zero-order valence-corrected chi connectivity index (χ0v) is 22.2. The molecule has 0 saturated carbocycles. The Morgan fingerprint density at radius 1 is 1.08 bits per heavy atom. The molecule has 4 rings (SSSR count). The number of fused-ring (bicyclic) bond motifs is 1. The lowest BCUT2D eigenvalue weighted by Gasteiger charge is -2.13. The van der Waals surface area contributed by atoms with Crippen molar-refractivity contribution in [2.45, 2.75) is 32.5 Å². The van der Waals surface area contributed by atoms with E-state index in [2.05, 4.69) is 10.3 Å². The van der Waals surface area contributed by atoms with Gasteiger partial charge in [-0.3, -0.25) is 19.0 Å². The van der Waals surface area contributed by atoms with Gasteiger partial charge >= 0.3 is 5.97 Å². The Labute approximate surface area is 221 Å². The minimum atomic E-state index is -0.598. The standard InChI is InChI=1S/C27H25N3O5S2/c1-4-35-26(34)22-16(2)23(17(3)31)37-24(22)29-21(32)15-36-27-28-20-13-9-8-12-19(20)25(33)30(27)14-18-10-6-5-7-11-18/h5-13H,4,14-15H2,1-3H3,(H,29,32). The number of benzene rings is 2. The fourth-order valence-corrected chi connectivity index (χ4v) is 5.75. The Kier molecular flexibility index (Phi) is 8.20. The zero-order valence-electron chi connectivity index (χ0n) is 20.6. The normalized spacial score (nSPS) is 10.9. The highest BCUT2D eigenvalue weighted by Gasteiger charge is 2.25. The molecular formula is C27H25N3O5S2. The summed E-state index contributed by atoms with van der Waals surface area (Å²) in [5.41, 5.74) is 1.94. The van der Waals surface area contributed by atoms with Crippen molar-refractivity contribution in [2.75, 3.05) is 17.7 Å². The first-order chi connectivity index (χ1) is 17.8. The second-order valence-corrected chi connectivity index (χ2v) is 10.1. The molecule has 0 atom stereocenters. The fourth-order valence-electron chi connectivity index (χ4n) is 3.84. The molecule has 2 aromatic carbocycles. The van der Waals surface area contributed by atoms with Crippen LogP contribution in [0.4, 0.5) is 5.00 Å². The molecule has 0 saturated heterocycles. The van der Waals surface area contributed by atoms with Gasteiger partial charge in [-0.2, -0.15) is 0 Å². The maximum atomic E-state index is 13.3. The average molecular weight is 536 g/mol. The third kappa shape index (κ3) is 5.81. The van der Waals surface area contributed by atoms with E-state index in [1.54, 1.807) is 42.7 Å². The first-order valence-corrected chi connectivity index (χ1v) is 13.4. The Balaban J connectivity index is 1.61. The molecule has 1 N–H and O–H groups in total. The number of ether oxygens (including phenoxy) is 1. The maximum absolute atomic E-state index is 13.3. The van der Waals surface area contributed by atoms with Gasteiger partial charge in [0.2, 0.25) is 5.91 Å². The molecule has 10 heteroatoms. The van der Waals surface area contributed by atoms with Crippen molar-refractivity contribution in [3.05, 3.63) is 86.5 Å². The van der Waals surface area contributed by atoms with Gasteiger partial charge < -0.3 is 10.1 Å². The van der Waals surface area contributed by atoms with Gasteiger partial charge in [0.15, 0.2) is 10.9 Å². The monoisotopic (exact) mass is 535 g/mol. The molecular weight excluding hydrogens is 510 g/mol. The number of carbonyl (C=O) groups is 3. The van der Waals surface area contributed by atoms with Crippen LogP contribution in [0.1, 0.15) is 45.0 Å². The number of ketones is 1. The van der Waals surface area contributed by atoms with Gasteiger partial charge in [-0.25, -0.2) is 9.78 Å². The Hall–Kier alpha value is -3.76. The number of hydrogen-bond acceptors (Lipinski definition) is 8. The van der Waals surface area contributed by atoms with Crippen LogP contribution in [-0.4, -0.2) is 39.6 Å². The summed E-state index contributed by atoms with van der Waals surface area (Å²) in [6.45, 7) is 5.23. The number of amides is 1. The number of hydrogen-bond donors (Lipinski definition) is 1. The van der Waals surface area contributed by atoms with E-state index in [0.29, 0.717) is 33.0 Å². The molecule has 0 aliphatic carbocycles. The SMILES string of the molecule is CCOC(=O)c1c(NC(=O)CSc2nc3ccccc3c(=O)n2Cc2ccccc2)sc(C(C)=O)c1C. The molecule has 8 nitrogen and oxygen atoms in total. The summed E-state index contributed by atoms with van der Waals surface area (Å²) in [6.07, 6.45) is 0. The first kappa shape index (κ1) is 26.3. The van der Waals surface area contributed by atoms with Crippen molar-refractivity contribution in [3.8, 4) is 0 Å². The van der Waals surface area contributed by atoms with Crippen LogP contribution in [0.25, 0.3) is 10.9 Å². The summed E-state index contributed by atoms with van der Waals surface area (Å²) in [6, 6.07) is 16.6. The van der Waals surface area contributed by atoms with Crippen molar-refractivity contribution < 1.29 is 19.1 Å². The van der Waals surface area contributed by atoms with E-state index in [4.69, 9.17) is 4.74 Å². The van der Waals surface area contributed by atoms with Gasteiger partial charge in [0, 0.05) is 0 Å². The largest absolute Gasteiger partial charge is 0.462 e. The minimum absolute atomic E-state index is 0.0613. The first-order valence-electron chi connectivity index (χ1n) is 11.6. The number of thioether (sulfide) groups is 1. The fraction of sp³-hybridized carbons (Fsp3) is 0.222. The van der Waals surface area contributed by atoms with Crippen molar-refractivity contribution in [1.82, 2.24) is 9.55 Å². The van der Waals surface area contributed by atoms with Gasteiger partial charge in [-0.1, -0.05) is 54.2 Å². The second-order valence-electron chi connectivity index (χ2n) is 8.16. The second kappa shape index (κ2) is 11.5. The van der Waals surface area contributed by atoms with Crippen LogP contribution in [0.15, 0.2) is 64.5 Å². The molecule has 0 radical (unpaired) electrons. The lowest BCUT2D eigenvalue weighted by molar-refractivity contribution is -0.113. The quantitative estimate of drug-likeness (QED) is 0.140. The van der Waals surface area contributed by atoms with E-state index in [9.17, 15) is 19.2 Å². The third-order valence-corrected chi connectivity index (χ3v) is 7.83. The molecule has 0 fully saturated rings. The Morgan fingerprint density at radius 2 is 1.78 bits per heavy atom. The number of nitrogens with zero attached hydrogens (tertiary/aromatic N) is 2. The molecule has 0 aliphatic rings. The lowest BCUT2D eigenvalue weighted by atomic mass is 10.1. The Morgan fingerprint density at radius 3 is 2.49 bits per heavy atom. The summed E-state index contributed by atoms with van der Waals surface area (Å²) in [7, 11) is 0. The highest BCUT2D eigenvalue weighted by molar-refractivity contribution is 7.99. The lowest BCUT2D eigenvalue weighted by Crippen LogP contribution is -2.25. The van der Waals surface area contributed by atoms with E-state index in [0.717, 1.165) is 28.7 Å². The Bertz CT molecular complexity index is 1540. The minimum Gasteiger partial charge on any atom is -0.462 e. The molecule has 1 amide bonds. The van der Waals surface area contributed by atoms with Crippen LogP contribution in [0, 0.1) is 6.92 Å². The molecule has 37 heavy (non-hydrogen) atoms. The number of nitrogens with one attached hydrogen (secondary N) is 1. The van der Waals surface area contributed by atoms with Gasteiger partial charge in [0.1, 0.15) is 5.00 Å². The van der Waals surface area contributed by atoms with Crippen LogP contribution in [-0.2, 0) is 16.1 Å². The summed E-state index contributed by atoms with van der Waals surface area (Å²) in [5, 5.41) is 3.91. The molecule has 0 bridgehead atoms. The number of carbonyl (C=O) groups excluding carboxylic acids is 3. The van der Waals surface area contributed by atoms with Crippen molar-refractivity contribution in [1.29, 1.82) is 0 Å². The number of rotatable bonds is 9. The van der Waals surface area contributed by atoms with Gasteiger partial charge in [0.25, 0.3) is 5.56 Å². The average Bonchev–Trinajstić information content (AvgIpc) is 3.21. The molecule has 0 spiro atoms. The maximum Gasteiger partial charge on any atom is 0.341 e. The van der Waals surface area contributed by atoms with Crippen LogP contribution < -0.4 is 10.9 Å². The smallest absolute Gasteiger partial charge is 0.341 e. The highest BCUT2D eigenvalue weighted by atomic mass is 32.2. The van der Waals surface area contributed by atoms with Crippen molar-refractivity contribution in [2.24, 2.45) is 0 Å². The van der Waals surface area contributed by atoms with E-state index in [1.165, 1.54) is 6.92 Å². The number of anilines is 1. The number of Topliss-reactive ketones (excluding diaryl/α,β-unsaturated/α-hetero) is 1. The van der Waals surface area contributed by atoms with Crippen molar-refractivity contribution in [3.63, 3.8) is 0 Å². The molecule has 2 aromatic heterocycles. The summed E-state index contributed by atoms with van der Waals surface area (Å²) >= 11 is 2.17. The van der Waals surface area contributed by atoms with E-state index in [-0.39, 0.29) is 34.3 Å². The number of aromatic nitrogens is 2. The van der Waals surface area contributed by atoms with E-state index < -0.39 is 11.9 Å². The topological polar surface area (TPSA) is 107 Å². The van der Waals surface area contributed by atoms with Crippen LogP contribution >= 0.6 is 23.1 Å². The third-order valence-electron chi connectivity index (χ3n) is 5.54. The molecule has 0 unspecified atom stereocenters. The molecule has 4 aromatic rings. The van der Waals surface area contributed by atoms with Crippen LogP contribution in [0.2, 0.25) is 0 Å². The number of esters is 1. The van der Waals surface area contributed by atoms with Gasteiger partial charge in [0.05, 0.1) is 40.2 Å². The van der Waals surface area contributed by atoms with Crippen molar-refractivity contribution >= 4 is 56.7 Å². The van der Waals surface area contributed by atoms with E-state index in [1.807, 2.05) is 30.3 Å². The molecule has 2 heterocycles. The number of thiophene rings is 1. The predicted molar refractivity (Wildman–Crippen MR) is 146 cm³/mol. The summed E-state index contributed by atoms with van der Waals surface area (Å²) in [5.74, 6) is -1.26. The summed E-state index contributed by atoms with van der Waals surface area (Å²) in [4.78, 5) is 55.9. The summed E-state index contributed by atoms with van der Waals surface area (Å²) < 4.78 is 6.69. The molecule has 190 valence electrons. The molecule has 0 aliphatic heterocycles. The van der Waals surface area contributed by atoms with E-state index >= 15 is 0 Å². The number of para-hydroxylation sites is 1. The highest BCUT2D eigenvalue weighted by Crippen LogP contribution is 2.34. The zero-order chi connectivity index (χ0) is 26.5. The van der Waals surface area contributed by atoms with Gasteiger partial charge in [-0.15, -0.1) is 11.3 Å². The van der Waals surface area contributed by atoms with Crippen LogP contribution in [0.5, 0.6) is 0 Å². The predicted octanol–water partition coefficient (Wildman–Crippen LogP) is 4.92.